The molecule has 116 valence electrons. The van der Waals surface area contributed by atoms with Gasteiger partial charge in [-0.05, 0) is 13.3 Å². The zero-order chi connectivity index (χ0) is 15.8. The summed E-state index contributed by atoms with van der Waals surface area (Å²) in [6.45, 7) is 1.76. The van der Waals surface area contributed by atoms with E-state index in [0.29, 0.717) is 24.0 Å². The van der Waals surface area contributed by atoms with Crippen LogP contribution in [0.5, 0.6) is 0 Å². The molecule has 1 aromatic rings. The minimum atomic E-state index is -4.50. The number of nitrogens with one attached hydrogen (secondary N) is 1. The van der Waals surface area contributed by atoms with Crippen LogP contribution in [0.2, 0.25) is 0 Å². The fraction of sp³-hybridized carbons (Fsp3) is 0.545. The van der Waals surface area contributed by atoms with Crippen molar-refractivity contribution in [3.8, 4) is 0 Å². The molecule has 0 aromatic carbocycles. The Bertz CT molecular complexity index is 575. The molecule has 0 aliphatic carbocycles. The summed E-state index contributed by atoms with van der Waals surface area (Å²) in [4.78, 5) is 26.8. The van der Waals surface area contributed by atoms with Crippen molar-refractivity contribution in [3.05, 3.63) is 11.1 Å². The van der Waals surface area contributed by atoms with Gasteiger partial charge in [0.15, 0.2) is 5.13 Å². The second kappa shape index (κ2) is 5.17. The Morgan fingerprint density at radius 1 is 1.52 bits per heavy atom. The van der Waals surface area contributed by atoms with Crippen molar-refractivity contribution >= 4 is 28.5 Å². The summed E-state index contributed by atoms with van der Waals surface area (Å²) in [6.07, 6.45) is -3.57. The molecule has 2 N–H and O–H groups in total. The van der Waals surface area contributed by atoms with Crippen molar-refractivity contribution in [2.75, 3.05) is 18.4 Å². The van der Waals surface area contributed by atoms with Crippen LogP contribution in [0, 0.1) is 5.41 Å². The average molecular weight is 323 g/mol. The van der Waals surface area contributed by atoms with Crippen molar-refractivity contribution in [1.82, 2.24) is 9.88 Å². The average Bonchev–Trinajstić information content (AvgIpc) is 2.96. The summed E-state index contributed by atoms with van der Waals surface area (Å²) in [5.41, 5.74) is -1.03. The smallest absolute Gasteiger partial charge is 0.427 e. The Balaban J connectivity index is 2.00. The standard InChI is InChI=1S/C11H12F3N3O3S/c1-10(7(18)19)2-3-17(5-10)9(20)16-8-15-4-6(21-8)11(12,13)14/h4H,2-3,5H2,1H3,(H,18,19)(H,15,16,20). The number of amides is 2. The van der Waals surface area contributed by atoms with E-state index in [-0.39, 0.29) is 18.2 Å². The highest BCUT2D eigenvalue weighted by Gasteiger charge is 2.42. The summed E-state index contributed by atoms with van der Waals surface area (Å²) >= 11 is 0.322. The van der Waals surface area contributed by atoms with Gasteiger partial charge in [-0.3, -0.25) is 10.1 Å². The third-order valence-electron chi connectivity index (χ3n) is 3.28. The van der Waals surface area contributed by atoms with E-state index < -0.39 is 28.5 Å². The quantitative estimate of drug-likeness (QED) is 0.876. The number of aromatic nitrogens is 1. The van der Waals surface area contributed by atoms with Crippen LogP contribution in [-0.2, 0) is 11.0 Å². The SMILES string of the molecule is CC1(C(=O)O)CCN(C(=O)Nc2ncc(C(F)(F)F)s2)C1. The molecule has 1 aliphatic heterocycles. The number of aliphatic carboxylic acids is 1. The molecule has 10 heteroatoms. The van der Waals surface area contributed by atoms with Crippen LogP contribution < -0.4 is 5.32 Å². The van der Waals surface area contributed by atoms with Gasteiger partial charge in [-0.2, -0.15) is 13.2 Å². The van der Waals surface area contributed by atoms with Crippen molar-refractivity contribution in [2.24, 2.45) is 5.41 Å². The first-order chi connectivity index (χ1) is 9.62. The van der Waals surface area contributed by atoms with E-state index in [9.17, 15) is 22.8 Å². The lowest BCUT2D eigenvalue weighted by Crippen LogP contribution is -2.37. The molecule has 6 nitrogen and oxygen atoms in total. The number of carbonyl (C=O) groups excluding carboxylic acids is 1. The number of hydrogen-bond acceptors (Lipinski definition) is 4. The lowest BCUT2D eigenvalue weighted by Gasteiger charge is -2.19. The van der Waals surface area contributed by atoms with Crippen molar-refractivity contribution < 1.29 is 27.9 Å². The maximum absolute atomic E-state index is 12.4. The number of alkyl halides is 3. The first kappa shape index (κ1) is 15.5. The van der Waals surface area contributed by atoms with E-state index in [4.69, 9.17) is 5.11 Å². The fourth-order valence-corrected chi connectivity index (χ4v) is 2.62. The fourth-order valence-electron chi connectivity index (χ4n) is 1.94. The molecule has 1 unspecified atom stereocenters. The van der Waals surface area contributed by atoms with E-state index >= 15 is 0 Å². The van der Waals surface area contributed by atoms with Crippen LogP contribution in [0.3, 0.4) is 0 Å². The van der Waals surface area contributed by atoms with Crippen LogP contribution in [-0.4, -0.2) is 40.1 Å². The largest absolute Gasteiger partial charge is 0.481 e. The third-order valence-corrected chi connectivity index (χ3v) is 4.23. The molecule has 0 saturated carbocycles. The zero-order valence-electron chi connectivity index (χ0n) is 10.9. The number of halogens is 3. The highest BCUT2D eigenvalue weighted by Crippen LogP contribution is 2.35. The van der Waals surface area contributed by atoms with Gasteiger partial charge in [-0.25, -0.2) is 9.78 Å². The number of likely N-dealkylation sites (tertiary alicyclic amines) is 1. The number of anilines is 1. The Morgan fingerprint density at radius 2 is 2.19 bits per heavy atom. The van der Waals surface area contributed by atoms with E-state index in [1.807, 2.05) is 0 Å². The second-order valence-corrected chi connectivity index (χ2v) is 6.03. The van der Waals surface area contributed by atoms with Crippen molar-refractivity contribution in [2.45, 2.75) is 19.5 Å². The normalized spacial score (nSPS) is 22.4. The molecule has 1 aromatic heterocycles. The summed E-state index contributed by atoms with van der Waals surface area (Å²) in [5, 5.41) is 11.1. The van der Waals surface area contributed by atoms with Gasteiger partial charge >= 0.3 is 18.2 Å². The highest BCUT2D eigenvalue weighted by atomic mass is 32.1. The molecule has 2 heterocycles. The molecule has 2 amide bonds. The number of carboxylic acid groups (broad SMARTS) is 1. The van der Waals surface area contributed by atoms with Crippen LogP contribution in [0.4, 0.5) is 23.1 Å². The minimum absolute atomic E-state index is 0.00562. The first-order valence-corrected chi connectivity index (χ1v) is 6.76. The van der Waals surface area contributed by atoms with Gasteiger partial charge in [0.1, 0.15) is 4.88 Å². The molecular formula is C11H12F3N3O3S. The number of carbonyl (C=O) groups is 2. The highest BCUT2D eigenvalue weighted by molar-refractivity contribution is 7.15. The third kappa shape index (κ3) is 3.26. The van der Waals surface area contributed by atoms with Crippen LogP contribution >= 0.6 is 11.3 Å². The van der Waals surface area contributed by atoms with Crippen molar-refractivity contribution in [3.63, 3.8) is 0 Å². The molecule has 1 aliphatic rings. The monoisotopic (exact) mass is 323 g/mol. The Kier molecular flexibility index (Phi) is 3.83. The summed E-state index contributed by atoms with van der Waals surface area (Å²) in [7, 11) is 0. The van der Waals surface area contributed by atoms with Gasteiger partial charge < -0.3 is 10.0 Å². The molecule has 0 bridgehead atoms. The molecule has 1 saturated heterocycles. The van der Waals surface area contributed by atoms with Crippen LogP contribution in [0.15, 0.2) is 6.20 Å². The number of nitrogens with zero attached hydrogens (tertiary/aromatic N) is 2. The molecule has 21 heavy (non-hydrogen) atoms. The van der Waals surface area contributed by atoms with E-state index in [1.54, 1.807) is 0 Å². The summed E-state index contributed by atoms with van der Waals surface area (Å²) in [5.74, 6) is -1.01. The Morgan fingerprint density at radius 3 is 2.67 bits per heavy atom. The summed E-state index contributed by atoms with van der Waals surface area (Å²) in [6, 6.07) is -0.650. The number of thiazole rings is 1. The van der Waals surface area contributed by atoms with Gasteiger partial charge in [-0.15, -0.1) is 0 Å². The van der Waals surface area contributed by atoms with Crippen molar-refractivity contribution in [1.29, 1.82) is 0 Å². The lowest BCUT2D eigenvalue weighted by molar-refractivity contribution is -0.147. The molecule has 0 radical (unpaired) electrons. The predicted octanol–water partition coefficient (Wildman–Crippen LogP) is 2.49. The van der Waals surface area contributed by atoms with E-state index in [2.05, 4.69) is 10.3 Å². The van der Waals surface area contributed by atoms with Gasteiger partial charge in [0.2, 0.25) is 0 Å². The molecule has 1 fully saturated rings. The first-order valence-electron chi connectivity index (χ1n) is 5.94. The topological polar surface area (TPSA) is 82.5 Å². The molecule has 2 rings (SSSR count). The van der Waals surface area contributed by atoms with Gasteiger partial charge in [0, 0.05) is 13.1 Å². The zero-order valence-corrected chi connectivity index (χ0v) is 11.7. The number of urea groups is 1. The van der Waals surface area contributed by atoms with E-state index in [1.165, 1.54) is 11.8 Å². The lowest BCUT2D eigenvalue weighted by atomic mass is 9.90. The second-order valence-electron chi connectivity index (χ2n) is 4.99. The Labute approximate surface area is 121 Å². The molecule has 0 spiro atoms. The maximum Gasteiger partial charge on any atom is 0.427 e. The number of hydrogen-bond donors (Lipinski definition) is 2. The maximum atomic E-state index is 12.4. The van der Waals surface area contributed by atoms with Gasteiger partial charge in [0.05, 0.1) is 11.6 Å². The van der Waals surface area contributed by atoms with Gasteiger partial charge in [-0.1, -0.05) is 11.3 Å². The number of carboxylic acids is 1. The van der Waals surface area contributed by atoms with Crippen LogP contribution in [0.25, 0.3) is 0 Å². The van der Waals surface area contributed by atoms with E-state index in [0.717, 1.165) is 0 Å². The van der Waals surface area contributed by atoms with Gasteiger partial charge in [0.25, 0.3) is 0 Å². The minimum Gasteiger partial charge on any atom is -0.481 e. The molecular weight excluding hydrogens is 311 g/mol. The Hall–Kier alpha value is -1.84. The number of rotatable bonds is 2. The van der Waals surface area contributed by atoms with Crippen LogP contribution in [0.1, 0.15) is 18.2 Å². The summed E-state index contributed by atoms with van der Waals surface area (Å²) < 4.78 is 37.2. The molecule has 1 atom stereocenters. The predicted molar refractivity (Wildman–Crippen MR) is 68.1 cm³/mol.